The van der Waals surface area contributed by atoms with Crippen LogP contribution in [0.4, 0.5) is 0 Å². The average molecular weight is 199 g/mol. The van der Waals surface area contributed by atoms with Gasteiger partial charge in [-0.15, -0.1) is 0 Å². The third kappa shape index (κ3) is 5.37. The minimum absolute atomic E-state index is 1.18. The Kier molecular flexibility index (Phi) is 6.38. The summed E-state index contributed by atoms with van der Waals surface area (Å²) in [5, 5.41) is 3.49. The highest BCUT2D eigenvalue weighted by Gasteiger charge is 2.02. The SMILES string of the molecule is CSCCCNCCC1=CCCC1. The van der Waals surface area contributed by atoms with Crippen molar-refractivity contribution in [2.24, 2.45) is 0 Å². The van der Waals surface area contributed by atoms with E-state index in [-0.39, 0.29) is 0 Å². The van der Waals surface area contributed by atoms with E-state index in [4.69, 9.17) is 0 Å². The molecule has 2 heteroatoms. The number of nitrogens with one attached hydrogen (secondary N) is 1. The molecule has 0 aromatic rings. The number of allylic oxidation sites excluding steroid dienone is 1. The second kappa shape index (κ2) is 7.45. The van der Waals surface area contributed by atoms with E-state index in [1.54, 1.807) is 5.57 Å². The van der Waals surface area contributed by atoms with Crippen molar-refractivity contribution >= 4 is 11.8 Å². The molecule has 0 heterocycles. The lowest BCUT2D eigenvalue weighted by atomic mass is 10.2. The number of hydrogen-bond acceptors (Lipinski definition) is 2. The van der Waals surface area contributed by atoms with Gasteiger partial charge in [0.25, 0.3) is 0 Å². The van der Waals surface area contributed by atoms with Crippen LogP contribution in [0.5, 0.6) is 0 Å². The lowest BCUT2D eigenvalue weighted by molar-refractivity contribution is 0.665. The van der Waals surface area contributed by atoms with Crippen LogP contribution in [0.3, 0.4) is 0 Å². The van der Waals surface area contributed by atoms with Crippen molar-refractivity contribution in [1.29, 1.82) is 0 Å². The molecule has 13 heavy (non-hydrogen) atoms. The highest BCUT2D eigenvalue weighted by Crippen LogP contribution is 2.19. The molecule has 0 unspecified atom stereocenters. The van der Waals surface area contributed by atoms with E-state index in [1.165, 1.54) is 50.9 Å². The van der Waals surface area contributed by atoms with E-state index >= 15 is 0 Å². The van der Waals surface area contributed by atoms with Crippen molar-refractivity contribution in [2.75, 3.05) is 25.1 Å². The topological polar surface area (TPSA) is 12.0 Å². The van der Waals surface area contributed by atoms with Crippen LogP contribution in [0, 0.1) is 0 Å². The summed E-state index contributed by atoms with van der Waals surface area (Å²) in [7, 11) is 0. The Labute approximate surface area is 86.4 Å². The third-order valence-corrected chi connectivity index (χ3v) is 3.16. The van der Waals surface area contributed by atoms with E-state index in [9.17, 15) is 0 Å². The van der Waals surface area contributed by atoms with Crippen molar-refractivity contribution in [3.8, 4) is 0 Å². The minimum Gasteiger partial charge on any atom is -0.316 e. The molecule has 0 atom stereocenters. The van der Waals surface area contributed by atoms with Gasteiger partial charge in [-0.2, -0.15) is 11.8 Å². The quantitative estimate of drug-likeness (QED) is 0.500. The fourth-order valence-corrected chi connectivity index (χ4v) is 2.11. The van der Waals surface area contributed by atoms with Crippen molar-refractivity contribution in [3.05, 3.63) is 11.6 Å². The maximum atomic E-state index is 3.49. The molecule has 0 aromatic heterocycles. The van der Waals surface area contributed by atoms with E-state index in [1.807, 2.05) is 11.8 Å². The first-order valence-corrected chi connectivity index (χ1v) is 6.70. The Bertz CT molecular complexity index is 154. The molecule has 0 fully saturated rings. The maximum absolute atomic E-state index is 3.49. The van der Waals surface area contributed by atoms with Crippen LogP contribution in [-0.2, 0) is 0 Å². The lowest BCUT2D eigenvalue weighted by Gasteiger charge is -2.04. The van der Waals surface area contributed by atoms with Gasteiger partial charge in [-0.25, -0.2) is 0 Å². The van der Waals surface area contributed by atoms with Gasteiger partial charge in [-0.05, 0) is 57.2 Å². The first kappa shape index (κ1) is 11.1. The molecule has 0 radical (unpaired) electrons. The van der Waals surface area contributed by atoms with Crippen LogP contribution in [0.1, 0.15) is 32.1 Å². The molecule has 1 nitrogen and oxygen atoms in total. The normalized spacial score (nSPS) is 16.2. The summed E-state index contributed by atoms with van der Waals surface area (Å²) in [6, 6.07) is 0. The van der Waals surface area contributed by atoms with Gasteiger partial charge in [0.05, 0.1) is 0 Å². The van der Waals surface area contributed by atoms with Crippen LogP contribution >= 0.6 is 11.8 Å². The van der Waals surface area contributed by atoms with Crippen molar-refractivity contribution in [2.45, 2.75) is 32.1 Å². The summed E-state index contributed by atoms with van der Waals surface area (Å²) in [4.78, 5) is 0. The minimum atomic E-state index is 1.18. The lowest BCUT2D eigenvalue weighted by Crippen LogP contribution is -2.17. The van der Waals surface area contributed by atoms with Crippen LogP contribution in [0.2, 0.25) is 0 Å². The summed E-state index contributed by atoms with van der Waals surface area (Å²) >= 11 is 1.93. The molecule has 1 N–H and O–H groups in total. The number of rotatable bonds is 7. The number of hydrogen-bond donors (Lipinski definition) is 1. The van der Waals surface area contributed by atoms with Crippen molar-refractivity contribution < 1.29 is 0 Å². The molecule has 0 spiro atoms. The molecule has 0 aliphatic heterocycles. The Morgan fingerprint density at radius 2 is 2.38 bits per heavy atom. The summed E-state index contributed by atoms with van der Waals surface area (Å²) in [6.45, 7) is 2.37. The molecule has 0 aromatic carbocycles. The maximum Gasteiger partial charge on any atom is -0.00116 e. The van der Waals surface area contributed by atoms with Crippen molar-refractivity contribution in [3.63, 3.8) is 0 Å². The zero-order valence-corrected chi connectivity index (χ0v) is 9.46. The molecular weight excluding hydrogens is 178 g/mol. The van der Waals surface area contributed by atoms with E-state index in [0.29, 0.717) is 0 Å². The summed E-state index contributed by atoms with van der Waals surface area (Å²) in [5.41, 5.74) is 1.68. The summed E-state index contributed by atoms with van der Waals surface area (Å²) in [5.74, 6) is 1.29. The highest BCUT2D eigenvalue weighted by atomic mass is 32.2. The third-order valence-electron chi connectivity index (χ3n) is 2.46. The molecular formula is C11H21NS. The summed E-state index contributed by atoms with van der Waals surface area (Å²) in [6.07, 6.45) is 11.2. The van der Waals surface area contributed by atoms with E-state index < -0.39 is 0 Å². The second-order valence-electron chi connectivity index (χ2n) is 3.60. The Morgan fingerprint density at radius 1 is 1.46 bits per heavy atom. The zero-order chi connectivity index (χ0) is 9.36. The van der Waals surface area contributed by atoms with Gasteiger partial charge < -0.3 is 5.32 Å². The largest absolute Gasteiger partial charge is 0.316 e. The van der Waals surface area contributed by atoms with Gasteiger partial charge in [-0.1, -0.05) is 11.6 Å². The Hall–Kier alpha value is 0.0500. The first-order valence-electron chi connectivity index (χ1n) is 5.31. The van der Waals surface area contributed by atoms with Gasteiger partial charge >= 0.3 is 0 Å². The standard InChI is InChI=1S/C11H21NS/c1-13-10-4-8-12-9-7-11-5-2-3-6-11/h5,12H,2-4,6-10H2,1H3. The van der Waals surface area contributed by atoms with Crippen molar-refractivity contribution in [1.82, 2.24) is 5.32 Å². The Balaban J connectivity index is 1.83. The monoisotopic (exact) mass is 199 g/mol. The van der Waals surface area contributed by atoms with Crippen LogP contribution in [0.15, 0.2) is 11.6 Å². The van der Waals surface area contributed by atoms with Gasteiger partial charge in [0.15, 0.2) is 0 Å². The predicted octanol–water partition coefficient (Wildman–Crippen LogP) is 2.83. The fourth-order valence-electron chi connectivity index (χ4n) is 1.68. The van der Waals surface area contributed by atoms with Crippen LogP contribution in [-0.4, -0.2) is 25.1 Å². The number of thioether (sulfide) groups is 1. The van der Waals surface area contributed by atoms with Gasteiger partial charge in [0.1, 0.15) is 0 Å². The smallest absolute Gasteiger partial charge is 0.00116 e. The fraction of sp³-hybridized carbons (Fsp3) is 0.818. The van der Waals surface area contributed by atoms with Gasteiger partial charge in [0.2, 0.25) is 0 Å². The second-order valence-corrected chi connectivity index (χ2v) is 4.59. The molecule has 76 valence electrons. The first-order chi connectivity index (χ1) is 6.43. The van der Waals surface area contributed by atoms with E-state index in [2.05, 4.69) is 17.6 Å². The van der Waals surface area contributed by atoms with Gasteiger partial charge in [0, 0.05) is 0 Å². The Morgan fingerprint density at radius 3 is 3.08 bits per heavy atom. The molecule has 0 saturated heterocycles. The van der Waals surface area contributed by atoms with Crippen LogP contribution < -0.4 is 5.32 Å². The molecule has 0 saturated carbocycles. The van der Waals surface area contributed by atoms with Gasteiger partial charge in [-0.3, -0.25) is 0 Å². The molecule has 1 aliphatic rings. The molecule has 1 rings (SSSR count). The molecule has 0 amide bonds. The highest BCUT2D eigenvalue weighted by molar-refractivity contribution is 7.98. The van der Waals surface area contributed by atoms with Crippen LogP contribution in [0.25, 0.3) is 0 Å². The predicted molar refractivity (Wildman–Crippen MR) is 62.4 cm³/mol. The van der Waals surface area contributed by atoms with E-state index in [0.717, 1.165) is 0 Å². The zero-order valence-electron chi connectivity index (χ0n) is 8.64. The molecule has 0 bridgehead atoms. The molecule has 1 aliphatic carbocycles. The summed E-state index contributed by atoms with van der Waals surface area (Å²) < 4.78 is 0. The average Bonchev–Trinajstić information content (AvgIpc) is 2.63.